The van der Waals surface area contributed by atoms with Gasteiger partial charge in [0.25, 0.3) is 0 Å². The second-order valence-corrected chi connectivity index (χ2v) is 23.1. The van der Waals surface area contributed by atoms with Gasteiger partial charge in [-0.1, -0.05) is 306 Å². The predicted molar refractivity (Wildman–Crippen MR) is 326 cm³/mol. The summed E-state index contributed by atoms with van der Waals surface area (Å²) in [5.41, 5.74) is 5.39. The zero-order chi connectivity index (χ0) is 55.2. The van der Waals surface area contributed by atoms with Crippen LogP contribution in [0.4, 0.5) is 0 Å². The van der Waals surface area contributed by atoms with Crippen LogP contribution in [0.1, 0.15) is 316 Å². The van der Waals surface area contributed by atoms with Gasteiger partial charge in [-0.3, -0.25) is 18.6 Å². The van der Waals surface area contributed by atoms with Crippen LogP contribution >= 0.6 is 7.82 Å². The van der Waals surface area contributed by atoms with Gasteiger partial charge < -0.3 is 20.1 Å². The molecule has 76 heavy (non-hydrogen) atoms. The number of esters is 2. The molecule has 0 aliphatic carbocycles. The summed E-state index contributed by atoms with van der Waals surface area (Å²) in [6.45, 7) is 3.68. The van der Waals surface area contributed by atoms with Crippen molar-refractivity contribution >= 4 is 19.8 Å². The first kappa shape index (κ1) is 73.7. The Kier molecular flexibility index (Phi) is 60.0. The summed E-state index contributed by atoms with van der Waals surface area (Å²) >= 11 is 0. The smallest absolute Gasteiger partial charge is 0.462 e. The van der Waals surface area contributed by atoms with Crippen molar-refractivity contribution in [1.29, 1.82) is 0 Å². The average Bonchev–Trinajstić information content (AvgIpc) is 3.41. The van der Waals surface area contributed by atoms with Crippen molar-refractivity contribution in [1.82, 2.24) is 0 Å². The number of phosphoric ester groups is 1. The van der Waals surface area contributed by atoms with Crippen LogP contribution in [0, 0.1) is 0 Å². The molecule has 0 fully saturated rings. The summed E-state index contributed by atoms with van der Waals surface area (Å²) in [6.07, 6.45) is 78.7. The zero-order valence-electron chi connectivity index (χ0n) is 49.7. The molecule has 444 valence electrons. The number of unbranched alkanes of at least 4 members (excludes halogenated alkanes) is 38. The van der Waals surface area contributed by atoms with E-state index < -0.39 is 26.5 Å². The minimum atomic E-state index is -4.39. The van der Waals surface area contributed by atoms with Crippen molar-refractivity contribution in [2.24, 2.45) is 5.73 Å². The van der Waals surface area contributed by atoms with Gasteiger partial charge in [0.15, 0.2) is 6.10 Å². The third-order valence-corrected chi connectivity index (χ3v) is 15.2. The van der Waals surface area contributed by atoms with Crippen molar-refractivity contribution in [3.05, 3.63) is 60.8 Å². The van der Waals surface area contributed by atoms with Crippen molar-refractivity contribution in [2.45, 2.75) is 322 Å². The Hall–Kier alpha value is -2.29. The van der Waals surface area contributed by atoms with Crippen molar-refractivity contribution in [2.75, 3.05) is 26.4 Å². The molecule has 0 spiro atoms. The first-order chi connectivity index (χ1) is 37.3. The van der Waals surface area contributed by atoms with Crippen LogP contribution in [0.15, 0.2) is 60.8 Å². The summed E-state index contributed by atoms with van der Waals surface area (Å²) in [5.74, 6) is -0.814. The molecule has 0 aromatic carbocycles. The van der Waals surface area contributed by atoms with E-state index >= 15 is 0 Å². The maximum atomic E-state index is 12.7. The van der Waals surface area contributed by atoms with Crippen molar-refractivity contribution in [3.8, 4) is 0 Å². The first-order valence-corrected chi connectivity index (χ1v) is 33.8. The van der Waals surface area contributed by atoms with Gasteiger partial charge in [0.1, 0.15) is 6.61 Å². The summed E-state index contributed by atoms with van der Waals surface area (Å²) < 4.78 is 33.1. The van der Waals surface area contributed by atoms with Gasteiger partial charge in [0.05, 0.1) is 13.2 Å². The maximum Gasteiger partial charge on any atom is 0.472 e. The molecule has 0 heterocycles. The lowest BCUT2D eigenvalue weighted by Gasteiger charge is -2.19. The molecule has 0 aliphatic heterocycles. The van der Waals surface area contributed by atoms with E-state index in [0.29, 0.717) is 6.42 Å². The van der Waals surface area contributed by atoms with E-state index in [-0.39, 0.29) is 38.6 Å². The Morgan fingerprint density at radius 3 is 1.08 bits per heavy atom. The number of hydrogen-bond acceptors (Lipinski definition) is 8. The number of ether oxygens (including phenoxy) is 2. The molecule has 3 N–H and O–H groups in total. The summed E-state index contributed by atoms with van der Waals surface area (Å²) in [6, 6.07) is 0. The SMILES string of the molecule is CC/C=C\C/C=C\C/C=C\C/C=C\C/C=C\CCCCCCCCCCCCCCCC(=O)OC(COC(=O)CCCCCCCCCCCCCCCCCCCCCCCCCCCC)COP(=O)(O)OCCN. The number of hydrogen-bond donors (Lipinski definition) is 2. The average molecular weight is 1090 g/mol. The molecule has 0 rings (SSSR count). The molecular weight excluding hydrogens is 966 g/mol. The van der Waals surface area contributed by atoms with E-state index in [2.05, 4.69) is 74.6 Å². The fourth-order valence-corrected chi connectivity index (χ4v) is 10.2. The number of allylic oxidation sites excluding steroid dienone is 10. The van der Waals surface area contributed by atoms with Crippen molar-refractivity contribution < 1.29 is 37.6 Å². The fourth-order valence-electron chi connectivity index (χ4n) is 9.43. The Bertz CT molecular complexity index is 1430. The molecule has 2 atom stereocenters. The van der Waals surface area contributed by atoms with Crippen LogP contribution in [-0.2, 0) is 32.7 Å². The van der Waals surface area contributed by atoms with Crippen LogP contribution in [0.5, 0.6) is 0 Å². The van der Waals surface area contributed by atoms with Gasteiger partial charge in [0, 0.05) is 19.4 Å². The molecule has 0 saturated carbocycles. The first-order valence-electron chi connectivity index (χ1n) is 32.3. The molecule has 0 aliphatic rings. The minimum absolute atomic E-state index is 0.0535. The molecule has 0 aromatic heterocycles. The van der Waals surface area contributed by atoms with E-state index in [1.807, 2.05) is 0 Å². The minimum Gasteiger partial charge on any atom is -0.462 e. The predicted octanol–water partition coefficient (Wildman–Crippen LogP) is 20.7. The topological polar surface area (TPSA) is 134 Å². The second-order valence-electron chi connectivity index (χ2n) is 21.6. The van der Waals surface area contributed by atoms with Gasteiger partial charge in [-0.2, -0.15) is 0 Å². The highest BCUT2D eigenvalue weighted by Crippen LogP contribution is 2.43. The molecule has 0 amide bonds. The molecule has 0 bridgehead atoms. The lowest BCUT2D eigenvalue weighted by molar-refractivity contribution is -0.161. The van der Waals surface area contributed by atoms with Crippen LogP contribution in [0.3, 0.4) is 0 Å². The highest BCUT2D eigenvalue weighted by atomic mass is 31.2. The van der Waals surface area contributed by atoms with Gasteiger partial charge in [0.2, 0.25) is 0 Å². The highest BCUT2D eigenvalue weighted by molar-refractivity contribution is 7.47. The third-order valence-electron chi connectivity index (χ3n) is 14.2. The normalized spacial score (nSPS) is 13.4. The lowest BCUT2D eigenvalue weighted by atomic mass is 10.0. The zero-order valence-corrected chi connectivity index (χ0v) is 50.6. The highest BCUT2D eigenvalue weighted by Gasteiger charge is 2.26. The number of nitrogens with two attached hydrogens (primary N) is 1. The van der Waals surface area contributed by atoms with Crippen LogP contribution in [0.25, 0.3) is 0 Å². The van der Waals surface area contributed by atoms with Crippen molar-refractivity contribution in [3.63, 3.8) is 0 Å². The largest absolute Gasteiger partial charge is 0.472 e. The Morgan fingerprint density at radius 2 is 0.724 bits per heavy atom. The molecule has 2 unspecified atom stereocenters. The Balaban J connectivity index is 3.90. The number of rotatable bonds is 61. The van der Waals surface area contributed by atoms with Crippen LogP contribution < -0.4 is 5.73 Å². The van der Waals surface area contributed by atoms with Crippen LogP contribution in [-0.4, -0.2) is 49.3 Å². The van der Waals surface area contributed by atoms with Gasteiger partial charge in [-0.25, -0.2) is 4.57 Å². The molecule has 9 nitrogen and oxygen atoms in total. The molecule has 10 heteroatoms. The van der Waals surface area contributed by atoms with Gasteiger partial charge >= 0.3 is 19.8 Å². The lowest BCUT2D eigenvalue weighted by Crippen LogP contribution is -2.29. The van der Waals surface area contributed by atoms with E-state index in [1.54, 1.807) is 0 Å². The van der Waals surface area contributed by atoms with E-state index in [4.69, 9.17) is 24.3 Å². The fraction of sp³-hybridized carbons (Fsp3) is 0.818. The summed E-state index contributed by atoms with van der Waals surface area (Å²) in [5, 5.41) is 0. The quantitative estimate of drug-likeness (QED) is 0.0264. The number of carbonyl (C=O) groups excluding carboxylic acids is 2. The molecule has 0 aromatic rings. The van der Waals surface area contributed by atoms with E-state index in [9.17, 15) is 19.0 Å². The Labute approximate surface area is 469 Å². The summed E-state index contributed by atoms with van der Waals surface area (Å²) in [7, 11) is -4.39. The monoisotopic (exact) mass is 1090 g/mol. The molecule has 0 radical (unpaired) electrons. The Morgan fingerprint density at radius 1 is 0.408 bits per heavy atom. The van der Waals surface area contributed by atoms with Gasteiger partial charge in [-0.15, -0.1) is 0 Å². The van der Waals surface area contributed by atoms with Crippen LogP contribution in [0.2, 0.25) is 0 Å². The maximum absolute atomic E-state index is 12.7. The van der Waals surface area contributed by atoms with E-state index in [0.717, 1.165) is 70.6 Å². The third kappa shape index (κ3) is 60.9. The second kappa shape index (κ2) is 61.9. The van der Waals surface area contributed by atoms with E-state index in [1.165, 1.54) is 212 Å². The number of phosphoric acid groups is 1. The molecule has 0 saturated heterocycles. The molecular formula is C66H122NO8P. The number of carbonyl (C=O) groups is 2. The van der Waals surface area contributed by atoms with Gasteiger partial charge in [-0.05, 0) is 57.8 Å². The standard InChI is InChI=1S/C66H122NO8P/c1-3-5-7-9-11-13-15-17-19-21-23-25-27-29-31-32-33-35-37-39-41-43-45-47-49-51-53-55-57-59-66(69)75-64(63-74-76(70,71)73-61-60-67)62-72-65(68)58-56-54-52-50-48-46-44-42-40-38-36-34-30-28-26-24-22-20-18-16-14-12-10-8-6-4-2/h5,7,11,13,17,19,23,25,29,31,64H,3-4,6,8-10,12,14-16,18,20-22,24,26-28,30,32-63,67H2,1-2H3,(H,70,71)/b7-5-,13-11-,19-17-,25-23-,31-29-. The summed E-state index contributed by atoms with van der Waals surface area (Å²) in [4.78, 5) is 35.3.